The van der Waals surface area contributed by atoms with E-state index in [0.717, 1.165) is 5.56 Å². The minimum absolute atomic E-state index is 0.0809. The molecule has 5 nitrogen and oxygen atoms in total. The molecule has 0 N–H and O–H groups in total. The van der Waals surface area contributed by atoms with Gasteiger partial charge in [-0.1, -0.05) is 17.7 Å². The van der Waals surface area contributed by atoms with Crippen molar-refractivity contribution in [3.8, 4) is 17.2 Å². The molecule has 0 aromatic heterocycles. The molecule has 0 spiro atoms. The van der Waals surface area contributed by atoms with Gasteiger partial charge in [0.15, 0.2) is 11.5 Å². The van der Waals surface area contributed by atoms with Gasteiger partial charge in [0, 0.05) is 6.07 Å². The summed E-state index contributed by atoms with van der Waals surface area (Å²) < 4.78 is 39.8. The molecule has 6 heteroatoms. The maximum absolute atomic E-state index is 12.3. The van der Waals surface area contributed by atoms with Crippen LogP contribution >= 0.6 is 0 Å². The van der Waals surface area contributed by atoms with Crippen molar-refractivity contribution >= 4 is 10.1 Å². The molecule has 0 unspecified atom stereocenters. The Hall–Kier alpha value is -2.21. The lowest BCUT2D eigenvalue weighted by Gasteiger charge is -2.12. The Kier molecular flexibility index (Phi) is 4.37. The molecule has 2 aromatic carbocycles. The highest BCUT2D eigenvalue weighted by molar-refractivity contribution is 7.87. The molecule has 0 aliphatic rings. The normalized spacial score (nSPS) is 11.0. The van der Waals surface area contributed by atoms with E-state index in [1.165, 1.54) is 32.4 Å². The van der Waals surface area contributed by atoms with Crippen LogP contribution in [-0.2, 0) is 10.1 Å². The van der Waals surface area contributed by atoms with E-state index >= 15 is 0 Å². The van der Waals surface area contributed by atoms with Crippen LogP contribution in [0.4, 0.5) is 0 Å². The molecule has 0 atom stereocenters. The van der Waals surface area contributed by atoms with E-state index in [0.29, 0.717) is 11.5 Å². The fourth-order valence-electron chi connectivity index (χ4n) is 1.72. The molecule has 0 aliphatic carbocycles. The van der Waals surface area contributed by atoms with Crippen LogP contribution in [-0.4, -0.2) is 22.6 Å². The number of ether oxygens (including phenoxy) is 2. The van der Waals surface area contributed by atoms with Gasteiger partial charge in [0.1, 0.15) is 10.6 Å². The first kappa shape index (κ1) is 15.2. The molecule has 0 amide bonds. The maximum atomic E-state index is 12.3. The van der Waals surface area contributed by atoms with Crippen molar-refractivity contribution in [3.63, 3.8) is 0 Å². The molecule has 0 fully saturated rings. The zero-order chi connectivity index (χ0) is 15.5. The third-order valence-electron chi connectivity index (χ3n) is 2.88. The molecule has 0 saturated carbocycles. The fourth-order valence-corrected chi connectivity index (χ4v) is 2.65. The first-order valence-electron chi connectivity index (χ1n) is 6.19. The van der Waals surface area contributed by atoms with Gasteiger partial charge in [0.05, 0.1) is 14.2 Å². The third-order valence-corrected chi connectivity index (χ3v) is 4.13. The summed E-state index contributed by atoms with van der Waals surface area (Å²) in [5.74, 6) is 0.869. The predicted octanol–water partition coefficient (Wildman–Crippen LogP) is 2.78. The van der Waals surface area contributed by atoms with Crippen molar-refractivity contribution in [2.75, 3.05) is 14.2 Å². The van der Waals surface area contributed by atoms with E-state index in [2.05, 4.69) is 0 Å². The zero-order valence-electron chi connectivity index (χ0n) is 12.0. The number of aryl methyl sites for hydroxylation is 1. The van der Waals surface area contributed by atoms with E-state index in [-0.39, 0.29) is 10.6 Å². The summed E-state index contributed by atoms with van der Waals surface area (Å²) in [6.07, 6.45) is 0. The molecule has 2 aromatic rings. The van der Waals surface area contributed by atoms with Gasteiger partial charge < -0.3 is 13.7 Å². The van der Waals surface area contributed by atoms with Crippen molar-refractivity contribution in [2.24, 2.45) is 0 Å². The highest BCUT2D eigenvalue weighted by Crippen LogP contribution is 2.33. The second kappa shape index (κ2) is 6.05. The average molecular weight is 308 g/mol. The first-order chi connectivity index (χ1) is 9.96. The second-order valence-corrected chi connectivity index (χ2v) is 5.91. The van der Waals surface area contributed by atoms with Gasteiger partial charge in [-0.05, 0) is 31.2 Å². The van der Waals surface area contributed by atoms with Gasteiger partial charge in [0.2, 0.25) is 0 Å². The minimum atomic E-state index is -3.92. The van der Waals surface area contributed by atoms with Gasteiger partial charge in [0.25, 0.3) is 0 Å². The van der Waals surface area contributed by atoms with Crippen molar-refractivity contribution in [1.29, 1.82) is 0 Å². The van der Waals surface area contributed by atoms with E-state index in [1.54, 1.807) is 24.3 Å². The summed E-state index contributed by atoms with van der Waals surface area (Å²) >= 11 is 0. The number of rotatable bonds is 5. The highest BCUT2D eigenvalue weighted by Gasteiger charge is 2.19. The highest BCUT2D eigenvalue weighted by atomic mass is 32.2. The standard InChI is InChI=1S/C15H16O5S/c1-11-4-7-13(8-5-11)21(16,17)20-15-10-12(18-2)6-9-14(15)19-3/h4-10H,1-3H3. The first-order valence-corrected chi connectivity index (χ1v) is 7.60. The van der Waals surface area contributed by atoms with E-state index in [4.69, 9.17) is 13.7 Å². The van der Waals surface area contributed by atoms with Crippen LogP contribution in [0.15, 0.2) is 47.4 Å². The predicted molar refractivity (Wildman–Crippen MR) is 78.5 cm³/mol. The fraction of sp³-hybridized carbons (Fsp3) is 0.200. The topological polar surface area (TPSA) is 61.8 Å². The van der Waals surface area contributed by atoms with Crippen molar-refractivity contribution in [2.45, 2.75) is 11.8 Å². The molecule has 0 heterocycles. The van der Waals surface area contributed by atoms with E-state index in [1.807, 2.05) is 6.92 Å². The molecule has 112 valence electrons. The number of benzene rings is 2. The molecular formula is C15H16O5S. The SMILES string of the molecule is COc1ccc(OC)c(OS(=O)(=O)c2ccc(C)cc2)c1. The van der Waals surface area contributed by atoms with Gasteiger partial charge in [-0.15, -0.1) is 0 Å². The van der Waals surface area contributed by atoms with Crippen molar-refractivity contribution in [1.82, 2.24) is 0 Å². The van der Waals surface area contributed by atoms with Gasteiger partial charge in [-0.2, -0.15) is 8.42 Å². The maximum Gasteiger partial charge on any atom is 0.339 e. The van der Waals surface area contributed by atoms with Crippen LogP contribution in [0, 0.1) is 6.92 Å². The second-order valence-electron chi connectivity index (χ2n) is 4.37. The lowest BCUT2D eigenvalue weighted by molar-refractivity contribution is 0.382. The summed E-state index contributed by atoms with van der Waals surface area (Å²) in [5, 5.41) is 0. The average Bonchev–Trinajstić information content (AvgIpc) is 2.47. The van der Waals surface area contributed by atoms with Crippen LogP contribution in [0.5, 0.6) is 17.2 Å². The zero-order valence-corrected chi connectivity index (χ0v) is 12.8. The number of methoxy groups -OCH3 is 2. The summed E-state index contributed by atoms with van der Waals surface area (Å²) in [4.78, 5) is 0.0815. The Morgan fingerprint density at radius 2 is 1.52 bits per heavy atom. The molecule has 2 rings (SSSR count). The summed E-state index contributed by atoms with van der Waals surface area (Å²) in [7, 11) is -0.999. The van der Waals surface area contributed by atoms with E-state index < -0.39 is 10.1 Å². The summed E-state index contributed by atoms with van der Waals surface area (Å²) in [6, 6.07) is 11.1. The van der Waals surface area contributed by atoms with Crippen LogP contribution in [0.25, 0.3) is 0 Å². The Morgan fingerprint density at radius 3 is 2.10 bits per heavy atom. The molecule has 0 radical (unpaired) electrons. The molecular weight excluding hydrogens is 292 g/mol. The Morgan fingerprint density at radius 1 is 0.857 bits per heavy atom. The van der Waals surface area contributed by atoms with Crippen molar-refractivity contribution < 1.29 is 22.1 Å². The van der Waals surface area contributed by atoms with Crippen LogP contribution in [0.2, 0.25) is 0 Å². The van der Waals surface area contributed by atoms with Crippen LogP contribution < -0.4 is 13.7 Å². The monoisotopic (exact) mass is 308 g/mol. The Bertz CT molecular complexity index is 720. The summed E-state index contributed by atoms with van der Waals surface area (Å²) in [6.45, 7) is 1.88. The van der Waals surface area contributed by atoms with Gasteiger partial charge in [-0.3, -0.25) is 0 Å². The van der Waals surface area contributed by atoms with Gasteiger partial charge in [-0.25, -0.2) is 0 Å². The molecule has 0 bridgehead atoms. The van der Waals surface area contributed by atoms with Crippen LogP contribution in [0.1, 0.15) is 5.56 Å². The summed E-state index contributed by atoms with van der Waals surface area (Å²) in [5.41, 5.74) is 0.966. The van der Waals surface area contributed by atoms with Gasteiger partial charge >= 0.3 is 10.1 Å². The Balaban J connectivity index is 2.38. The lowest BCUT2D eigenvalue weighted by Crippen LogP contribution is -2.10. The third kappa shape index (κ3) is 3.46. The Labute approximate surface area is 124 Å². The minimum Gasteiger partial charge on any atom is -0.497 e. The quantitative estimate of drug-likeness (QED) is 0.795. The van der Waals surface area contributed by atoms with Crippen LogP contribution in [0.3, 0.4) is 0 Å². The lowest BCUT2D eigenvalue weighted by atomic mass is 10.2. The largest absolute Gasteiger partial charge is 0.497 e. The number of hydrogen-bond donors (Lipinski definition) is 0. The molecule has 21 heavy (non-hydrogen) atoms. The molecule has 0 aliphatic heterocycles. The number of hydrogen-bond acceptors (Lipinski definition) is 5. The molecule has 0 saturated heterocycles. The van der Waals surface area contributed by atoms with Crippen molar-refractivity contribution in [3.05, 3.63) is 48.0 Å². The van der Waals surface area contributed by atoms with E-state index in [9.17, 15) is 8.42 Å². The smallest absolute Gasteiger partial charge is 0.339 e.